The van der Waals surface area contributed by atoms with Crippen molar-refractivity contribution in [2.24, 2.45) is 0 Å². The number of hydrogen-bond acceptors (Lipinski definition) is 1. The summed E-state index contributed by atoms with van der Waals surface area (Å²) in [4.78, 5) is 0. The van der Waals surface area contributed by atoms with Gasteiger partial charge in [0.1, 0.15) is 0 Å². The first-order valence-corrected chi connectivity index (χ1v) is 13.3. The predicted molar refractivity (Wildman–Crippen MR) is 86.5 cm³/mol. The van der Waals surface area contributed by atoms with Gasteiger partial charge in [0.2, 0.25) is 8.32 Å². The van der Waals surface area contributed by atoms with E-state index in [4.69, 9.17) is 4.43 Å². The normalized spacial score (nSPS) is 18.9. The molecule has 0 radical (unpaired) electrons. The van der Waals surface area contributed by atoms with Crippen LogP contribution >= 0.6 is 0 Å². The molecule has 0 aromatic heterocycles. The fourth-order valence-electron chi connectivity index (χ4n) is 2.61. The van der Waals surface area contributed by atoms with Crippen molar-refractivity contribution in [1.29, 1.82) is 0 Å². The van der Waals surface area contributed by atoms with Crippen LogP contribution in [0.1, 0.15) is 19.8 Å². The Morgan fingerprint density at radius 3 is 2.18 bits per heavy atom. The Labute approximate surface area is 169 Å². The molecule has 1 nitrogen and oxygen atoms in total. The van der Waals surface area contributed by atoms with Gasteiger partial charge in [-0.15, -0.1) is 18.9 Å². The Morgan fingerprint density at radius 1 is 1.09 bits per heavy atom. The van der Waals surface area contributed by atoms with Crippen molar-refractivity contribution < 1.29 is 55.4 Å². The quantitative estimate of drug-likeness (QED) is 0.375. The van der Waals surface area contributed by atoms with E-state index in [1.807, 2.05) is 0 Å². The van der Waals surface area contributed by atoms with Crippen LogP contribution in [0.25, 0.3) is 0 Å². The van der Waals surface area contributed by atoms with Gasteiger partial charge in [-0.25, -0.2) is 11.3 Å². The van der Waals surface area contributed by atoms with Crippen molar-refractivity contribution in [2.45, 2.75) is 52.0 Å². The Balaban J connectivity index is 0. The summed E-state index contributed by atoms with van der Waals surface area (Å²) in [5.74, 6) is 1.13. The summed E-state index contributed by atoms with van der Waals surface area (Å²) in [5, 5.41) is 2.82. The molecule has 0 aromatic rings. The molecule has 2 rings (SSSR count). The van der Waals surface area contributed by atoms with Crippen LogP contribution < -0.4 is 24.8 Å². The second kappa shape index (κ2) is 9.83. The molecule has 0 saturated heterocycles. The van der Waals surface area contributed by atoms with E-state index in [2.05, 4.69) is 63.5 Å². The minimum atomic E-state index is -1.67. The summed E-state index contributed by atoms with van der Waals surface area (Å²) in [6, 6.07) is 1.19. The van der Waals surface area contributed by atoms with E-state index in [1.54, 1.807) is 0 Å². The molecule has 0 aliphatic heterocycles. The third-order valence-corrected chi connectivity index (χ3v) is 9.08. The van der Waals surface area contributed by atoms with E-state index in [9.17, 15) is 0 Å². The molecule has 0 N–H and O–H groups in total. The molecule has 2 aliphatic carbocycles. The summed E-state index contributed by atoms with van der Waals surface area (Å²) in [6.45, 7) is 11.5. The van der Waals surface area contributed by atoms with Gasteiger partial charge in [-0.1, -0.05) is 25.3 Å². The van der Waals surface area contributed by atoms with E-state index in [1.165, 1.54) is 16.4 Å². The Bertz CT molecular complexity index is 493. The molecule has 0 bridgehead atoms. The molecule has 0 heterocycles. The monoisotopic (exact) mass is 448 g/mol. The molecule has 1 atom stereocenters. The van der Waals surface area contributed by atoms with Gasteiger partial charge in [0, 0.05) is 8.07 Å². The van der Waals surface area contributed by atoms with E-state index in [0.29, 0.717) is 0 Å². The van der Waals surface area contributed by atoms with Crippen molar-refractivity contribution in [3.8, 4) is 0 Å². The zero-order valence-corrected chi connectivity index (χ0v) is 20.0. The van der Waals surface area contributed by atoms with E-state index in [0.717, 1.165) is 18.6 Å². The van der Waals surface area contributed by atoms with Crippen molar-refractivity contribution in [1.82, 2.24) is 0 Å². The van der Waals surface area contributed by atoms with Crippen LogP contribution in [0.3, 0.4) is 0 Å². The third-order valence-electron chi connectivity index (χ3n) is 3.78. The maximum atomic E-state index is 6.29. The van der Waals surface area contributed by atoms with Crippen LogP contribution in [0.2, 0.25) is 32.2 Å². The van der Waals surface area contributed by atoms with Gasteiger partial charge < -0.3 is 29.2 Å². The largest absolute Gasteiger partial charge is 4.00 e. The van der Waals surface area contributed by atoms with Gasteiger partial charge in [0.05, 0.1) is 0 Å². The maximum Gasteiger partial charge on any atom is 4.00 e. The van der Waals surface area contributed by atoms with Gasteiger partial charge in [0.15, 0.2) is 0 Å². The predicted octanol–water partition coefficient (Wildman–Crippen LogP) is -1.27. The standard InChI is InChI=1S/C16H24OSi2.2ClH.Zr/c1-6-19(5,14-10-7-8-11-14)16-13-9-12-15(16)17-18(2,3)4;;;/h7,10,12H,6,8-9H2,1-5H3;2*1H;/q-2;;;+4/p-2. The van der Waals surface area contributed by atoms with Crippen molar-refractivity contribution in [3.63, 3.8) is 0 Å². The van der Waals surface area contributed by atoms with Crippen molar-refractivity contribution >= 4 is 16.4 Å². The smallest absolute Gasteiger partial charge is 1.00 e. The van der Waals surface area contributed by atoms with Gasteiger partial charge in [-0.3, -0.25) is 12.2 Å². The topological polar surface area (TPSA) is 9.23 Å². The minimum Gasteiger partial charge on any atom is -1.00 e. The molecule has 22 heavy (non-hydrogen) atoms. The zero-order chi connectivity index (χ0) is 14.1. The molecular weight excluding hydrogens is 426 g/mol. The first-order valence-electron chi connectivity index (χ1n) is 7.15. The summed E-state index contributed by atoms with van der Waals surface area (Å²) in [5.41, 5.74) is 0. The Hall–Kier alpha value is 0.657. The van der Waals surface area contributed by atoms with Crippen LogP contribution in [0.4, 0.5) is 0 Å². The average molecular weight is 451 g/mol. The van der Waals surface area contributed by atoms with Gasteiger partial charge in [0.25, 0.3) is 0 Å². The average Bonchev–Trinajstić information content (AvgIpc) is 2.96. The number of halogens is 2. The van der Waals surface area contributed by atoms with Crippen LogP contribution in [0, 0.1) is 12.2 Å². The molecule has 0 aromatic carbocycles. The van der Waals surface area contributed by atoms with Crippen LogP contribution in [0.5, 0.6) is 0 Å². The fourth-order valence-corrected chi connectivity index (χ4v) is 6.73. The fraction of sp³-hybridized carbons (Fsp3) is 0.500. The molecule has 0 saturated carbocycles. The third kappa shape index (κ3) is 5.63. The van der Waals surface area contributed by atoms with Gasteiger partial charge >= 0.3 is 26.2 Å². The molecule has 0 fully saturated rings. The second-order valence-corrected chi connectivity index (χ2v) is 15.3. The first kappa shape index (κ1) is 24.9. The number of rotatable bonds is 5. The Kier molecular flexibility index (Phi) is 11.1. The van der Waals surface area contributed by atoms with Crippen LogP contribution in [-0.2, 0) is 30.6 Å². The summed E-state index contributed by atoms with van der Waals surface area (Å²) < 4.78 is 6.29. The van der Waals surface area contributed by atoms with Crippen LogP contribution in [-0.4, -0.2) is 16.4 Å². The summed E-state index contributed by atoms with van der Waals surface area (Å²) in [6.07, 6.45) is 15.7. The Morgan fingerprint density at radius 2 is 1.73 bits per heavy atom. The van der Waals surface area contributed by atoms with E-state index < -0.39 is 16.4 Å². The van der Waals surface area contributed by atoms with Crippen molar-refractivity contribution in [3.05, 3.63) is 46.5 Å². The second-order valence-electron chi connectivity index (χ2n) is 6.42. The molecule has 1 unspecified atom stereocenters. The molecular formula is C16H24Cl2OSi2Zr. The summed E-state index contributed by atoms with van der Waals surface area (Å²) >= 11 is 0. The van der Waals surface area contributed by atoms with E-state index >= 15 is 0 Å². The number of hydrogen-bond donors (Lipinski definition) is 0. The maximum absolute atomic E-state index is 6.29. The van der Waals surface area contributed by atoms with Gasteiger partial charge in [-0.2, -0.15) is 11.3 Å². The molecule has 6 heteroatoms. The molecule has 0 spiro atoms. The summed E-state index contributed by atoms with van der Waals surface area (Å²) in [7, 11) is -3.22. The number of allylic oxidation sites excluding steroid dienone is 7. The molecule has 120 valence electrons. The van der Waals surface area contributed by atoms with Crippen LogP contribution in [0.15, 0.2) is 34.4 Å². The first-order chi connectivity index (χ1) is 8.87. The van der Waals surface area contributed by atoms with E-state index in [-0.39, 0.29) is 51.0 Å². The minimum absolute atomic E-state index is 0. The van der Waals surface area contributed by atoms with Crippen molar-refractivity contribution in [2.75, 3.05) is 0 Å². The SMILES string of the molecule is CC[Si](C)(C1=[C-]CC=C1)C1=[C-]CC=C1O[Si](C)(C)C.[Cl-].[Cl-].[Zr+4]. The van der Waals surface area contributed by atoms with Gasteiger partial charge in [-0.05, 0) is 19.6 Å². The molecule has 2 aliphatic rings. The zero-order valence-electron chi connectivity index (χ0n) is 14.0. The molecule has 0 amide bonds.